The second-order valence-corrected chi connectivity index (χ2v) is 7.49. The molecule has 1 aromatic carbocycles. The molecule has 0 aliphatic heterocycles. The van der Waals surface area contributed by atoms with Crippen molar-refractivity contribution in [1.82, 2.24) is 15.5 Å². The summed E-state index contributed by atoms with van der Waals surface area (Å²) in [6.07, 6.45) is 1.02. The molecule has 9 N–H and O–H groups in total. The molecule has 0 fully saturated rings. The lowest BCUT2D eigenvalue weighted by Gasteiger charge is -2.23. The van der Waals surface area contributed by atoms with Gasteiger partial charge in [-0.15, -0.1) is 5.10 Å². The normalized spacial score (nSPS) is 12.4. The zero-order chi connectivity index (χ0) is 20.7. The molecule has 160 valence electrons. The van der Waals surface area contributed by atoms with Gasteiger partial charge < -0.3 is 26.1 Å². The number of rotatable bonds is 6. The summed E-state index contributed by atoms with van der Waals surface area (Å²) in [6, 6.07) is 5.55. The quantitative estimate of drug-likeness (QED) is 0.200. The highest BCUT2D eigenvalue weighted by molar-refractivity contribution is 7.79. The molecule has 0 radical (unpaired) electrons. The summed E-state index contributed by atoms with van der Waals surface area (Å²) in [7, 11) is -4.67. The maximum atomic E-state index is 10.00. The number of hydrogen-bond acceptors (Lipinski definition) is 9. The van der Waals surface area contributed by atoms with E-state index >= 15 is 0 Å². The zero-order valence-electron chi connectivity index (χ0n) is 15.7. The third kappa shape index (κ3) is 10.3. The van der Waals surface area contributed by atoms with Gasteiger partial charge in [-0.05, 0) is 26.8 Å². The molecule has 0 saturated carbocycles. The van der Waals surface area contributed by atoms with Crippen LogP contribution >= 0.6 is 0 Å². The number of ether oxygens (including phenoxy) is 1. The minimum atomic E-state index is -4.67. The van der Waals surface area contributed by atoms with E-state index in [0.717, 1.165) is 10.8 Å². The van der Waals surface area contributed by atoms with Gasteiger partial charge in [-0.25, -0.2) is 5.84 Å². The van der Waals surface area contributed by atoms with Gasteiger partial charge in [0.05, 0.1) is 6.20 Å². The monoisotopic (exact) mass is 421 g/mol. The Morgan fingerprint density at radius 2 is 1.86 bits per heavy atom. The Morgan fingerprint density at radius 1 is 1.25 bits per heavy atom. The van der Waals surface area contributed by atoms with Crippen LogP contribution in [0.15, 0.2) is 24.4 Å². The van der Waals surface area contributed by atoms with Crippen molar-refractivity contribution in [3.05, 3.63) is 24.4 Å². The number of nitrogen functional groups attached to an aromatic ring is 1. The number of hydrazine groups is 1. The minimum absolute atomic E-state index is 0. The summed E-state index contributed by atoms with van der Waals surface area (Å²) in [4.78, 5) is 0. The average Bonchev–Trinajstić information content (AvgIpc) is 2.55. The number of fused-ring (bicyclic) bond motifs is 1. The average molecular weight is 421 g/mol. The van der Waals surface area contributed by atoms with Gasteiger partial charge in [0, 0.05) is 22.9 Å². The van der Waals surface area contributed by atoms with Crippen LogP contribution < -0.4 is 21.3 Å². The highest BCUT2D eigenvalue weighted by atomic mass is 32.3. The largest absolute Gasteiger partial charge is 0.490 e. The van der Waals surface area contributed by atoms with E-state index in [-0.39, 0.29) is 17.6 Å². The van der Waals surface area contributed by atoms with Gasteiger partial charge in [0.25, 0.3) is 0 Å². The number of nitrogens with one attached hydrogen (secondary N) is 2. The van der Waals surface area contributed by atoms with E-state index in [0.29, 0.717) is 18.1 Å². The van der Waals surface area contributed by atoms with E-state index in [1.807, 2.05) is 39.0 Å². The van der Waals surface area contributed by atoms with Gasteiger partial charge in [0.1, 0.15) is 18.5 Å². The molecule has 0 aliphatic rings. The van der Waals surface area contributed by atoms with Crippen LogP contribution in [0.25, 0.3) is 10.8 Å². The van der Waals surface area contributed by atoms with Crippen LogP contribution in [-0.4, -0.2) is 63.1 Å². The van der Waals surface area contributed by atoms with Crippen molar-refractivity contribution in [1.29, 1.82) is 0 Å². The van der Waals surface area contributed by atoms with Crippen molar-refractivity contribution in [3.8, 4) is 5.75 Å². The number of aliphatic hydroxyl groups excluding tert-OH is 1. The number of aliphatic hydroxyl groups is 1. The fourth-order valence-electron chi connectivity index (χ4n) is 1.98. The summed E-state index contributed by atoms with van der Waals surface area (Å²) in [5, 5.41) is 22.7. The first-order valence-corrected chi connectivity index (χ1v) is 9.27. The summed E-state index contributed by atoms with van der Waals surface area (Å²) in [6.45, 7) is 6.79. The first-order valence-electron chi connectivity index (χ1n) is 7.87. The number of benzene rings is 1. The predicted octanol–water partition coefficient (Wildman–Crippen LogP) is -0.434. The van der Waals surface area contributed by atoms with Crippen molar-refractivity contribution in [2.75, 3.05) is 18.6 Å². The second kappa shape index (κ2) is 11.0. The number of β-amino-alcohol motifs (C(OH)–C–C–N with tert-alkyl or cyclic N) is 1. The van der Waals surface area contributed by atoms with E-state index in [1.165, 1.54) is 0 Å². The van der Waals surface area contributed by atoms with Crippen LogP contribution in [0.2, 0.25) is 0 Å². The zero-order valence-corrected chi connectivity index (χ0v) is 16.6. The van der Waals surface area contributed by atoms with Crippen molar-refractivity contribution in [2.45, 2.75) is 32.4 Å². The lowest BCUT2D eigenvalue weighted by atomic mass is 10.1. The van der Waals surface area contributed by atoms with Gasteiger partial charge >= 0.3 is 10.4 Å². The molecule has 0 spiro atoms. The predicted molar refractivity (Wildman–Crippen MR) is 104 cm³/mol. The fraction of sp³-hybridized carbons (Fsp3) is 0.467. The molecule has 1 atom stereocenters. The highest BCUT2D eigenvalue weighted by Gasteiger charge is 2.13. The molecule has 2 aromatic rings. The molecule has 0 amide bonds. The summed E-state index contributed by atoms with van der Waals surface area (Å²) in [5.74, 6) is 6.55. The van der Waals surface area contributed by atoms with Crippen LogP contribution in [0, 0.1) is 0 Å². The SMILES string of the molecule is CC(C)(C)NCC(O)COc1cccc2c(NN)nncc12.O.O=S(=O)(O)O. The van der Waals surface area contributed by atoms with E-state index < -0.39 is 16.5 Å². The molecule has 2 rings (SSSR count). The Morgan fingerprint density at radius 3 is 2.39 bits per heavy atom. The molecule has 0 bridgehead atoms. The first kappa shape index (κ1) is 25.9. The van der Waals surface area contributed by atoms with Crippen LogP contribution in [0.3, 0.4) is 0 Å². The molecule has 12 nitrogen and oxygen atoms in total. The molecule has 13 heteroatoms. The van der Waals surface area contributed by atoms with Crippen molar-refractivity contribution in [3.63, 3.8) is 0 Å². The van der Waals surface area contributed by atoms with Crippen LogP contribution in [-0.2, 0) is 10.4 Å². The Balaban J connectivity index is 0.00000108. The molecule has 1 unspecified atom stereocenters. The molecular weight excluding hydrogens is 394 g/mol. The standard InChI is InChI=1S/C15H23N5O2.H2O4S.H2O/c1-15(2,3)17-7-10(21)9-22-13-6-4-5-11-12(13)8-18-20-14(11)19-16;1-5(2,3)4;/h4-6,8,10,17,21H,7,9,16H2,1-3H3,(H,19,20);(H2,1,2,3,4);1H2. The lowest BCUT2D eigenvalue weighted by molar-refractivity contribution is 0.101. The van der Waals surface area contributed by atoms with Gasteiger partial charge in [-0.1, -0.05) is 12.1 Å². The number of aromatic nitrogens is 2. The summed E-state index contributed by atoms with van der Waals surface area (Å²) in [5.41, 5.74) is 2.47. The Bertz CT molecular complexity index is 834. The Kier molecular flexibility index (Phi) is 10.2. The summed E-state index contributed by atoms with van der Waals surface area (Å²) < 4.78 is 37.3. The molecule has 1 heterocycles. The summed E-state index contributed by atoms with van der Waals surface area (Å²) >= 11 is 0. The molecule has 28 heavy (non-hydrogen) atoms. The molecule has 1 aromatic heterocycles. The third-order valence-corrected chi connectivity index (χ3v) is 3.10. The van der Waals surface area contributed by atoms with Crippen molar-refractivity contribution in [2.24, 2.45) is 5.84 Å². The molecule has 0 saturated heterocycles. The molecular formula is C15H27N5O7S. The minimum Gasteiger partial charge on any atom is -0.490 e. The maximum absolute atomic E-state index is 10.00. The van der Waals surface area contributed by atoms with E-state index in [1.54, 1.807) is 6.20 Å². The van der Waals surface area contributed by atoms with Crippen molar-refractivity contribution < 1.29 is 32.8 Å². The van der Waals surface area contributed by atoms with Crippen LogP contribution in [0.1, 0.15) is 20.8 Å². The van der Waals surface area contributed by atoms with E-state index in [9.17, 15) is 5.11 Å². The number of nitrogens with zero attached hydrogens (tertiary/aromatic N) is 2. The Hall–Kier alpha value is -2.13. The number of anilines is 1. The van der Waals surface area contributed by atoms with E-state index in [2.05, 4.69) is 20.9 Å². The number of hydrogen-bond donors (Lipinski definition) is 6. The van der Waals surface area contributed by atoms with Gasteiger partial charge in [0.15, 0.2) is 5.82 Å². The Labute approximate surface area is 163 Å². The smallest absolute Gasteiger partial charge is 0.394 e. The van der Waals surface area contributed by atoms with Gasteiger partial charge in [-0.3, -0.25) is 9.11 Å². The van der Waals surface area contributed by atoms with Gasteiger partial charge in [0.2, 0.25) is 0 Å². The molecule has 0 aliphatic carbocycles. The second-order valence-electron chi connectivity index (χ2n) is 6.60. The first-order chi connectivity index (χ1) is 12.4. The maximum Gasteiger partial charge on any atom is 0.394 e. The van der Waals surface area contributed by atoms with Crippen LogP contribution in [0.4, 0.5) is 5.82 Å². The third-order valence-electron chi connectivity index (χ3n) is 3.10. The highest BCUT2D eigenvalue weighted by Crippen LogP contribution is 2.28. The number of nitrogens with two attached hydrogens (primary N) is 1. The van der Waals surface area contributed by atoms with Crippen molar-refractivity contribution >= 4 is 27.0 Å². The fourth-order valence-corrected chi connectivity index (χ4v) is 1.98. The topological polar surface area (TPSA) is 211 Å². The van der Waals surface area contributed by atoms with Gasteiger partial charge in [-0.2, -0.15) is 13.5 Å². The van der Waals surface area contributed by atoms with Crippen LogP contribution in [0.5, 0.6) is 5.75 Å². The van der Waals surface area contributed by atoms with E-state index in [4.69, 9.17) is 28.1 Å². The lowest BCUT2D eigenvalue weighted by Crippen LogP contribution is -2.42.